The molecule has 0 saturated heterocycles. The van der Waals surface area contributed by atoms with Gasteiger partial charge in [0.1, 0.15) is 4.11 Å². The summed E-state index contributed by atoms with van der Waals surface area (Å²) in [6, 6.07) is 0. The number of aliphatic hydroxyl groups excluding tert-OH is 1. The van der Waals surface area contributed by atoms with Crippen LogP contribution in [0.25, 0.3) is 0 Å². The third kappa shape index (κ3) is 3.73. The zero-order valence-electron chi connectivity index (χ0n) is 4.06. The van der Waals surface area contributed by atoms with Gasteiger partial charge in [-0.3, -0.25) is 0 Å². The minimum atomic E-state index is -0.248. The van der Waals surface area contributed by atoms with E-state index in [2.05, 4.69) is 15.9 Å². The van der Waals surface area contributed by atoms with Crippen LogP contribution in [-0.4, -0.2) is 14.0 Å². The minimum Gasteiger partial charge on any atom is -0.382 e. The molecule has 0 fully saturated rings. The maximum atomic E-state index is 8.76. The molecule has 2 unspecified atom stereocenters. The maximum absolute atomic E-state index is 8.76. The van der Waals surface area contributed by atoms with Gasteiger partial charge in [-0.2, -0.15) is 0 Å². The zero-order chi connectivity index (χ0) is 5.86. The van der Waals surface area contributed by atoms with Crippen molar-refractivity contribution in [3.63, 3.8) is 0 Å². The van der Waals surface area contributed by atoms with Crippen molar-refractivity contribution in [3.05, 3.63) is 0 Å². The van der Waals surface area contributed by atoms with E-state index in [4.69, 9.17) is 5.11 Å². The van der Waals surface area contributed by atoms with Crippen molar-refractivity contribution < 1.29 is 5.11 Å². The van der Waals surface area contributed by atoms with E-state index in [0.717, 1.165) is 6.42 Å². The second-order valence-electron chi connectivity index (χ2n) is 1.30. The number of hydrogen-bond donors (Lipinski definition) is 1. The quantitative estimate of drug-likeness (QED) is 0.604. The van der Waals surface area contributed by atoms with Gasteiger partial charge in [-0.15, -0.1) is 0 Å². The Balaban J connectivity index is 3.14. The number of aliphatic hydroxyl groups is 1. The molecule has 7 heavy (non-hydrogen) atoms. The molecule has 0 aromatic carbocycles. The Bertz CT molecular complexity index is 49.0. The molecule has 0 heterocycles. The van der Waals surface area contributed by atoms with E-state index in [1.165, 1.54) is 0 Å². The Morgan fingerprint density at radius 1 is 1.86 bits per heavy atom. The number of halogens is 2. The van der Waals surface area contributed by atoms with E-state index in [1.54, 1.807) is 0 Å². The Kier molecular flexibility index (Phi) is 4.77. The Morgan fingerprint density at radius 2 is 2.29 bits per heavy atom. The molecule has 0 spiro atoms. The van der Waals surface area contributed by atoms with Gasteiger partial charge in [0.2, 0.25) is 0 Å². The van der Waals surface area contributed by atoms with Crippen LogP contribution in [0, 0.1) is 0 Å². The summed E-state index contributed by atoms with van der Waals surface area (Å²) in [6.45, 7) is 2.03. The summed E-state index contributed by atoms with van der Waals surface area (Å²) in [5, 5.41) is 8.76. The van der Waals surface area contributed by atoms with Crippen LogP contribution in [0.5, 0.6) is 0 Å². The molecular weight excluding hydrogens is 271 g/mol. The molecule has 1 N–H and O–H groups in total. The molecule has 44 valence electrons. The van der Waals surface area contributed by atoms with Crippen LogP contribution in [0.4, 0.5) is 0 Å². The fraction of sp³-hybridized carbons (Fsp3) is 1.00. The van der Waals surface area contributed by atoms with Gasteiger partial charge in [-0.25, -0.2) is 0 Å². The molecule has 0 bridgehead atoms. The van der Waals surface area contributed by atoms with Crippen molar-refractivity contribution >= 4 is 38.5 Å². The zero-order valence-corrected chi connectivity index (χ0v) is 7.81. The molecular formula is C4H8BrIO. The Hall–Kier alpha value is 1.17. The van der Waals surface area contributed by atoms with Crippen molar-refractivity contribution in [2.24, 2.45) is 0 Å². The maximum Gasteiger partial charge on any atom is 0.117 e. The summed E-state index contributed by atoms with van der Waals surface area (Å²) >= 11 is 5.26. The molecule has 0 saturated carbocycles. The van der Waals surface area contributed by atoms with Gasteiger partial charge in [-0.05, 0) is 6.42 Å². The lowest BCUT2D eigenvalue weighted by molar-refractivity contribution is 0.275. The number of rotatable bonds is 2. The van der Waals surface area contributed by atoms with Crippen LogP contribution in [0.15, 0.2) is 0 Å². The van der Waals surface area contributed by atoms with E-state index in [0.29, 0.717) is 0 Å². The molecule has 0 rings (SSSR count). The van der Waals surface area contributed by atoms with Crippen molar-refractivity contribution in [2.75, 3.05) is 0 Å². The molecule has 0 radical (unpaired) electrons. The average Bonchev–Trinajstić information content (AvgIpc) is 1.65. The highest BCUT2D eigenvalue weighted by Crippen LogP contribution is 2.14. The van der Waals surface area contributed by atoms with Gasteiger partial charge in [0.05, 0.1) is 0 Å². The van der Waals surface area contributed by atoms with Crippen LogP contribution in [-0.2, 0) is 0 Å². The van der Waals surface area contributed by atoms with Crippen molar-refractivity contribution in [2.45, 2.75) is 22.3 Å². The molecule has 0 aromatic rings. The van der Waals surface area contributed by atoms with E-state index in [-0.39, 0.29) is 8.94 Å². The summed E-state index contributed by atoms with van der Waals surface area (Å²) in [7, 11) is 0. The molecule has 0 aliphatic heterocycles. The van der Waals surface area contributed by atoms with Gasteiger partial charge in [-0.1, -0.05) is 45.4 Å². The summed E-state index contributed by atoms with van der Waals surface area (Å²) in [5.41, 5.74) is 0. The highest BCUT2D eigenvalue weighted by molar-refractivity contribution is 14.1. The molecule has 2 atom stereocenters. The van der Waals surface area contributed by atoms with Gasteiger partial charge in [0.15, 0.2) is 0 Å². The van der Waals surface area contributed by atoms with Crippen LogP contribution >= 0.6 is 38.5 Å². The smallest absolute Gasteiger partial charge is 0.117 e. The highest BCUT2D eigenvalue weighted by atomic mass is 127. The fourth-order valence-electron chi connectivity index (χ4n) is 0.194. The monoisotopic (exact) mass is 278 g/mol. The third-order valence-electron chi connectivity index (χ3n) is 0.688. The van der Waals surface area contributed by atoms with Crippen molar-refractivity contribution in [1.29, 1.82) is 0 Å². The first-order chi connectivity index (χ1) is 3.18. The minimum absolute atomic E-state index is 0.248. The molecule has 3 heteroatoms. The molecule has 1 nitrogen and oxygen atoms in total. The molecule has 0 amide bonds. The van der Waals surface area contributed by atoms with Gasteiger partial charge in [0.25, 0.3) is 0 Å². The van der Waals surface area contributed by atoms with Crippen LogP contribution in [0.3, 0.4) is 0 Å². The average molecular weight is 279 g/mol. The normalized spacial score (nSPS) is 18.9. The summed E-state index contributed by atoms with van der Waals surface area (Å²) < 4.78 is -0.248. The third-order valence-corrected chi connectivity index (χ3v) is 3.69. The van der Waals surface area contributed by atoms with Crippen molar-refractivity contribution in [1.82, 2.24) is 0 Å². The van der Waals surface area contributed by atoms with Gasteiger partial charge >= 0.3 is 0 Å². The van der Waals surface area contributed by atoms with Gasteiger partial charge < -0.3 is 5.11 Å². The van der Waals surface area contributed by atoms with E-state index >= 15 is 0 Å². The summed E-state index contributed by atoms with van der Waals surface area (Å²) in [4.78, 5) is 0.257. The topological polar surface area (TPSA) is 20.2 Å². The largest absolute Gasteiger partial charge is 0.382 e. The fourth-order valence-corrected chi connectivity index (χ4v) is 0.703. The number of alkyl halides is 2. The molecule has 0 aliphatic rings. The standard InChI is InChI=1S/C4H8BrIO/c1-2-3(5)4(6)7/h3-4,7H,2H2,1H3. The van der Waals surface area contributed by atoms with Crippen LogP contribution < -0.4 is 0 Å². The molecule has 0 aromatic heterocycles. The van der Waals surface area contributed by atoms with Crippen LogP contribution in [0.1, 0.15) is 13.3 Å². The van der Waals surface area contributed by atoms with E-state index in [1.807, 2.05) is 29.5 Å². The van der Waals surface area contributed by atoms with Gasteiger partial charge in [0, 0.05) is 4.83 Å². The summed E-state index contributed by atoms with van der Waals surface area (Å²) in [6.07, 6.45) is 0.976. The molecule has 0 aliphatic carbocycles. The first kappa shape index (κ1) is 8.17. The lowest BCUT2D eigenvalue weighted by Crippen LogP contribution is -2.10. The Labute approximate surface area is 65.8 Å². The van der Waals surface area contributed by atoms with Crippen molar-refractivity contribution in [3.8, 4) is 0 Å². The predicted octanol–water partition coefficient (Wildman–Crippen LogP) is 1.91. The SMILES string of the molecule is CCC(Br)C(O)I. The first-order valence-corrected chi connectivity index (χ1v) is 4.30. The van der Waals surface area contributed by atoms with Crippen LogP contribution in [0.2, 0.25) is 0 Å². The Morgan fingerprint density at radius 3 is 2.29 bits per heavy atom. The second kappa shape index (κ2) is 4.09. The second-order valence-corrected chi connectivity index (χ2v) is 3.75. The first-order valence-electron chi connectivity index (χ1n) is 2.14. The summed E-state index contributed by atoms with van der Waals surface area (Å²) in [5.74, 6) is 0. The lowest BCUT2D eigenvalue weighted by atomic mass is 10.4. The predicted molar refractivity (Wildman–Crippen MR) is 43.0 cm³/mol. The van der Waals surface area contributed by atoms with E-state index < -0.39 is 0 Å². The van der Waals surface area contributed by atoms with E-state index in [9.17, 15) is 0 Å². The lowest BCUT2D eigenvalue weighted by Gasteiger charge is -2.05. The highest BCUT2D eigenvalue weighted by Gasteiger charge is 2.07. The number of hydrogen-bond acceptors (Lipinski definition) is 1.